The Balaban J connectivity index is 2.21. The number of nitrogens with one attached hydrogen (secondary N) is 2. The fourth-order valence-corrected chi connectivity index (χ4v) is 2.51. The Morgan fingerprint density at radius 2 is 1.77 bits per heavy atom. The lowest BCUT2D eigenvalue weighted by atomic mass is 10.1. The van der Waals surface area contributed by atoms with Crippen LogP contribution in [0.4, 0.5) is 9.59 Å². The monoisotopic (exact) mass is 423 g/mol. The second-order valence-electron chi connectivity index (χ2n) is 7.97. The van der Waals surface area contributed by atoms with Crippen molar-refractivity contribution in [2.45, 2.75) is 51.9 Å². The van der Waals surface area contributed by atoms with Crippen molar-refractivity contribution in [2.75, 3.05) is 26.7 Å². The molecule has 0 fully saturated rings. The molecule has 1 aromatic carbocycles. The van der Waals surface area contributed by atoms with Crippen molar-refractivity contribution in [1.29, 1.82) is 0 Å². The van der Waals surface area contributed by atoms with Crippen LogP contribution in [0.1, 0.15) is 39.2 Å². The summed E-state index contributed by atoms with van der Waals surface area (Å²) in [5.41, 5.74) is 0.223. The zero-order valence-corrected chi connectivity index (χ0v) is 18.1. The van der Waals surface area contributed by atoms with Gasteiger partial charge in [-0.2, -0.15) is 0 Å². The van der Waals surface area contributed by atoms with Crippen LogP contribution in [-0.2, 0) is 20.9 Å². The van der Waals surface area contributed by atoms with Gasteiger partial charge < -0.3 is 30.1 Å². The minimum Gasteiger partial charge on any atom is -0.480 e. The highest BCUT2D eigenvalue weighted by Gasteiger charge is 2.23. The molecule has 1 aromatic rings. The molecule has 0 saturated carbocycles. The van der Waals surface area contributed by atoms with Gasteiger partial charge in [-0.1, -0.05) is 30.3 Å². The highest BCUT2D eigenvalue weighted by atomic mass is 16.6. The fourth-order valence-electron chi connectivity index (χ4n) is 2.51. The molecule has 0 unspecified atom stereocenters. The molecule has 0 spiro atoms. The van der Waals surface area contributed by atoms with Crippen LogP contribution in [0.3, 0.4) is 0 Å². The summed E-state index contributed by atoms with van der Waals surface area (Å²) >= 11 is 0. The molecule has 0 bridgehead atoms. The van der Waals surface area contributed by atoms with Gasteiger partial charge in [0.25, 0.3) is 0 Å². The van der Waals surface area contributed by atoms with E-state index in [2.05, 4.69) is 10.6 Å². The summed E-state index contributed by atoms with van der Waals surface area (Å²) in [6.07, 6.45) is -0.408. The van der Waals surface area contributed by atoms with Gasteiger partial charge in [-0.25, -0.2) is 14.4 Å². The van der Waals surface area contributed by atoms with Crippen LogP contribution in [0.2, 0.25) is 0 Å². The third kappa shape index (κ3) is 11.9. The second-order valence-corrected chi connectivity index (χ2v) is 7.97. The number of rotatable bonds is 11. The maximum atomic E-state index is 11.8. The van der Waals surface area contributed by atoms with Crippen LogP contribution in [0.15, 0.2) is 30.3 Å². The molecule has 0 aliphatic rings. The molecule has 9 nitrogen and oxygen atoms in total. The molecule has 1 rings (SSSR count). The molecule has 3 N–H and O–H groups in total. The Hall–Kier alpha value is -2.81. The molecule has 0 radical (unpaired) electrons. The van der Waals surface area contributed by atoms with Crippen molar-refractivity contribution in [2.24, 2.45) is 0 Å². The minimum absolute atomic E-state index is 0.212. The maximum Gasteiger partial charge on any atom is 0.408 e. The summed E-state index contributed by atoms with van der Waals surface area (Å²) in [7, 11) is 1.87. The number of likely N-dealkylation sites (N-methyl/N-ethyl adjacent to an activating group) is 1. The Kier molecular flexibility index (Phi) is 10.7. The standard InChI is InChI=1S/C21H33N3O6/c1-21(2,3)30-20(28)23-17(18(25)26)11-8-13-24(4)14-12-22-19(27)29-15-16-9-6-5-7-10-16/h5-7,9-10,17H,8,11-15H2,1-4H3,(H,22,27)(H,23,28)(H,25,26)/t17-/m0/s1. The lowest BCUT2D eigenvalue weighted by Gasteiger charge is -2.22. The van der Waals surface area contributed by atoms with E-state index < -0.39 is 29.8 Å². The van der Waals surface area contributed by atoms with Gasteiger partial charge in [0.15, 0.2) is 0 Å². The SMILES string of the molecule is CN(CCC[C@H](NC(=O)OC(C)(C)C)C(=O)O)CCNC(=O)OCc1ccccc1. The lowest BCUT2D eigenvalue weighted by molar-refractivity contribution is -0.139. The summed E-state index contributed by atoms with van der Waals surface area (Å²) in [4.78, 5) is 36.8. The van der Waals surface area contributed by atoms with Crippen molar-refractivity contribution in [3.05, 3.63) is 35.9 Å². The second kappa shape index (κ2) is 12.7. The lowest BCUT2D eigenvalue weighted by Crippen LogP contribution is -2.43. The molecule has 0 aliphatic carbocycles. The van der Waals surface area contributed by atoms with Gasteiger partial charge in [-0.05, 0) is 52.8 Å². The van der Waals surface area contributed by atoms with E-state index in [1.807, 2.05) is 42.3 Å². The van der Waals surface area contributed by atoms with E-state index in [0.717, 1.165) is 5.56 Å². The van der Waals surface area contributed by atoms with Crippen LogP contribution in [-0.4, -0.2) is 66.5 Å². The summed E-state index contributed by atoms with van der Waals surface area (Å²) in [5, 5.41) is 14.3. The average Bonchev–Trinajstić information content (AvgIpc) is 2.65. The summed E-state index contributed by atoms with van der Waals surface area (Å²) < 4.78 is 10.2. The first kappa shape index (κ1) is 25.2. The first-order chi connectivity index (χ1) is 14.1. The molecule has 9 heteroatoms. The number of amides is 2. The molecule has 1 atom stereocenters. The van der Waals surface area contributed by atoms with E-state index in [-0.39, 0.29) is 13.0 Å². The predicted octanol–water partition coefficient (Wildman–Crippen LogP) is 2.60. The number of carboxylic acids is 1. The number of ether oxygens (including phenoxy) is 2. The highest BCUT2D eigenvalue weighted by molar-refractivity contribution is 5.79. The number of benzene rings is 1. The van der Waals surface area contributed by atoms with Gasteiger partial charge in [0.2, 0.25) is 0 Å². The van der Waals surface area contributed by atoms with E-state index >= 15 is 0 Å². The van der Waals surface area contributed by atoms with Gasteiger partial charge in [0, 0.05) is 13.1 Å². The van der Waals surface area contributed by atoms with Crippen molar-refractivity contribution in [3.8, 4) is 0 Å². The van der Waals surface area contributed by atoms with Crippen molar-refractivity contribution >= 4 is 18.2 Å². The summed E-state index contributed by atoms with van der Waals surface area (Å²) in [6.45, 7) is 6.94. The largest absolute Gasteiger partial charge is 0.480 e. The first-order valence-electron chi connectivity index (χ1n) is 9.92. The quantitative estimate of drug-likeness (QED) is 0.501. The highest BCUT2D eigenvalue weighted by Crippen LogP contribution is 2.08. The van der Waals surface area contributed by atoms with Gasteiger partial charge in [0.05, 0.1) is 0 Å². The van der Waals surface area contributed by atoms with Crippen LogP contribution >= 0.6 is 0 Å². The maximum absolute atomic E-state index is 11.8. The van der Waals surface area contributed by atoms with E-state index in [9.17, 15) is 19.5 Å². The Labute approximate surface area is 177 Å². The number of carbonyl (C=O) groups is 3. The minimum atomic E-state index is -1.11. The first-order valence-corrected chi connectivity index (χ1v) is 9.92. The van der Waals surface area contributed by atoms with Crippen molar-refractivity contribution in [1.82, 2.24) is 15.5 Å². The molecule has 0 aromatic heterocycles. The molecule has 168 valence electrons. The third-order valence-corrected chi connectivity index (χ3v) is 4.00. The molecule has 0 aliphatic heterocycles. The van der Waals surface area contributed by atoms with Crippen LogP contribution in [0.25, 0.3) is 0 Å². The van der Waals surface area contributed by atoms with Crippen LogP contribution < -0.4 is 10.6 Å². The Morgan fingerprint density at radius 3 is 2.37 bits per heavy atom. The van der Waals surface area contributed by atoms with Crippen molar-refractivity contribution in [3.63, 3.8) is 0 Å². The molecule has 0 heterocycles. The number of hydrogen-bond donors (Lipinski definition) is 3. The molecule has 0 saturated heterocycles. The number of alkyl carbamates (subject to hydrolysis) is 2. The summed E-state index contributed by atoms with van der Waals surface area (Å²) in [5.74, 6) is -1.11. The molecule has 2 amide bonds. The molecule has 30 heavy (non-hydrogen) atoms. The van der Waals surface area contributed by atoms with Gasteiger partial charge >= 0.3 is 18.2 Å². The normalized spacial score (nSPS) is 12.2. The number of hydrogen-bond acceptors (Lipinski definition) is 6. The van der Waals surface area contributed by atoms with Crippen LogP contribution in [0.5, 0.6) is 0 Å². The predicted molar refractivity (Wildman–Crippen MR) is 112 cm³/mol. The van der Waals surface area contributed by atoms with Gasteiger partial charge in [-0.15, -0.1) is 0 Å². The Morgan fingerprint density at radius 1 is 1.10 bits per heavy atom. The van der Waals surface area contributed by atoms with E-state index in [4.69, 9.17) is 9.47 Å². The van der Waals surface area contributed by atoms with E-state index in [1.165, 1.54) is 0 Å². The Bertz CT molecular complexity index is 675. The zero-order chi connectivity index (χ0) is 22.6. The average molecular weight is 424 g/mol. The molecular weight excluding hydrogens is 390 g/mol. The topological polar surface area (TPSA) is 117 Å². The zero-order valence-electron chi connectivity index (χ0n) is 18.1. The summed E-state index contributed by atoms with van der Waals surface area (Å²) in [6, 6.07) is 8.39. The van der Waals surface area contributed by atoms with Gasteiger partial charge in [0.1, 0.15) is 18.2 Å². The van der Waals surface area contributed by atoms with Crippen LogP contribution in [0, 0.1) is 0 Å². The van der Waals surface area contributed by atoms with Crippen molar-refractivity contribution < 1.29 is 29.0 Å². The number of carboxylic acid groups (broad SMARTS) is 1. The van der Waals surface area contributed by atoms with Gasteiger partial charge in [-0.3, -0.25) is 0 Å². The third-order valence-electron chi connectivity index (χ3n) is 4.00. The smallest absolute Gasteiger partial charge is 0.408 e. The number of aliphatic carboxylic acids is 1. The van der Waals surface area contributed by atoms with E-state index in [1.54, 1.807) is 20.8 Å². The number of carbonyl (C=O) groups excluding carboxylic acids is 2. The van der Waals surface area contributed by atoms with E-state index in [0.29, 0.717) is 26.1 Å². The molecular formula is C21H33N3O6. The fraction of sp³-hybridized carbons (Fsp3) is 0.571. The number of nitrogens with zero attached hydrogens (tertiary/aromatic N) is 1.